The molecule has 5 nitrogen and oxygen atoms in total. The quantitative estimate of drug-likeness (QED) is 0.226. The molecular formula is C20H28ClFN4O. The number of nitrogens with one attached hydrogen (secondary N) is 2. The minimum absolute atomic E-state index is 0.0460. The zero-order valence-electron chi connectivity index (χ0n) is 16.0. The van der Waals surface area contributed by atoms with Crippen LogP contribution in [-0.4, -0.2) is 30.9 Å². The van der Waals surface area contributed by atoms with Crippen molar-refractivity contribution in [3.05, 3.63) is 47.5 Å². The minimum atomic E-state index is -0.577. The summed E-state index contributed by atoms with van der Waals surface area (Å²) < 4.78 is 18.9. The maximum atomic E-state index is 13.5. The van der Waals surface area contributed by atoms with Crippen LogP contribution in [0.1, 0.15) is 38.7 Å². The molecule has 2 atom stereocenters. The highest BCUT2D eigenvalue weighted by Gasteiger charge is 2.12. The van der Waals surface area contributed by atoms with E-state index in [1.54, 1.807) is 6.08 Å². The molecule has 0 amide bonds. The monoisotopic (exact) mass is 394 g/mol. The van der Waals surface area contributed by atoms with Gasteiger partial charge in [0.25, 0.3) is 0 Å². The summed E-state index contributed by atoms with van der Waals surface area (Å²) in [6, 6.07) is 3.37. The lowest BCUT2D eigenvalue weighted by Crippen LogP contribution is -2.41. The smallest absolute Gasteiger partial charge is 0.213 e. The summed E-state index contributed by atoms with van der Waals surface area (Å²) in [7, 11) is 0. The van der Waals surface area contributed by atoms with Crippen molar-refractivity contribution in [3.8, 4) is 6.07 Å². The van der Waals surface area contributed by atoms with Gasteiger partial charge in [-0.3, -0.25) is 5.32 Å². The van der Waals surface area contributed by atoms with Crippen LogP contribution in [0.25, 0.3) is 5.70 Å². The third-order valence-corrected chi connectivity index (χ3v) is 4.16. The van der Waals surface area contributed by atoms with Crippen molar-refractivity contribution in [1.29, 1.82) is 5.26 Å². The first kappa shape index (κ1) is 23.1. The second kappa shape index (κ2) is 13.3. The Morgan fingerprint density at radius 1 is 1.48 bits per heavy atom. The fraction of sp³-hybridized carbons (Fsp3) is 0.500. The van der Waals surface area contributed by atoms with E-state index in [1.807, 2.05) is 13.0 Å². The summed E-state index contributed by atoms with van der Waals surface area (Å²) in [5.41, 5.74) is 1.30. The number of rotatable bonds is 13. The average molecular weight is 395 g/mol. The normalized spacial score (nSPS) is 13.7. The van der Waals surface area contributed by atoms with Crippen LogP contribution >= 0.6 is 11.6 Å². The zero-order valence-corrected chi connectivity index (χ0v) is 16.7. The average Bonchev–Trinajstić information content (AvgIpc) is 2.65. The molecule has 0 aliphatic carbocycles. The van der Waals surface area contributed by atoms with Crippen molar-refractivity contribution in [2.75, 3.05) is 19.8 Å². The van der Waals surface area contributed by atoms with E-state index < -0.39 is 5.95 Å². The Kier molecular flexibility index (Phi) is 11.3. The highest BCUT2D eigenvalue weighted by molar-refractivity contribution is 6.32. The molecule has 0 bridgehead atoms. The van der Waals surface area contributed by atoms with Crippen molar-refractivity contribution in [2.24, 2.45) is 5.92 Å². The van der Waals surface area contributed by atoms with Crippen molar-refractivity contribution in [2.45, 2.75) is 39.3 Å². The molecule has 0 saturated carbocycles. The summed E-state index contributed by atoms with van der Waals surface area (Å²) >= 11 is 6.18. The lowest BCUT2D eigenvalue weighted by atomic mass is 10.1. The van der Waals surface area contributed by atoms with Gasteiger partial charge in [-0.2, -0.15) is 9.65 Å². The highest BCUT2D eigenvalue weighted by Crippen LogP contribution is 2.23. The second-order valence-electron chi connectivity index (χ2n) is 6.32. The number of hydrogen-bond donors (Lipinski definition) is 2. The van der Waals surface area contributed by atoms with Crippen molar-refractivity contribution in [1.82, 2.24) is 15.6 Å². The number of pyridine rings is 1. The second-order valence-corrected chi connectivity index (χ2v) is 6.72. The molecule has 1 rings (SSSR count). The SMILES string of the molecule is C=CC/C=C(\NC(C)NCC(C)CCOCCC#N)c1cc(F)ncc1Cl. The van der Waals surface area contributed by atoms with Crippen LogP contribution in [0.5, 0.6) is 0 Å². The third-order valence-electron chi connectivity index (χ3n) is 3.86. The number of nitrogens with zero attached hydrogens (tertiary/aromatic N) is 2. The summed E-state index contributed by atoms with van der Waals surface area (Å²) in [6.45, 7) is 9.76. The Morgan fingerprint density at radius 2 is 2.26 bits per heavy atom. The van der Waals surface area contributed by atoms with E-state index in [0.717, 1.165) is 18.7 Å². The lowest BCUT2D eigenvalue weighted by molar-refractivity contribution is 0.126. The van der Waals surface area contributed by atoms with Crippen LogP contribution < -0.4 is 10.6 Å². The number of halogens is 2. The van der Waals surface area contributed by atoms with Crippen molar-refractivity contribution >= 4 is 17.3 Å². The van der Waals surface area contributed by atoms with E-state index in [4.69, 9.17) is 21.6 Å². The Morgan fingerprint density at radius 3 is 2.96 bits per heavy atom. The number of aromatic nitrogens is 1. The molecule has 2 unspecified atom stereocenters. The van der Waals surface area contributed by atoms with Crippen LogP contribution in [-0.2, 0) is 4.74 Å². The fourth-order valence-corrected chi connectivity index (χ4v) is 2.54. The zero-order chi connectivity index (χ0) is 20.1. The Bertz CT molecular complexity index is 660. The fourth-order valence-electron chi connectivity index (χ4n) is 2.34. The van der Waals surface area contributed by atoms with E-state index in [-0.39, 0.29) is 6.17 Å². The van der Waals surface area contributed by atoms with Gasteiger partial charge in [0.15, 0.2) is 0 Å². The Balaban J connectivity index is 2.55. The largest absolute Gasteiger partial charge is 0.380 e. The summed E-state index contributed by atoms with van der Waals surface area (Å²) in [5.74, 6) is -0.162. The van der Waals surface area contributed by atoms with Gasteiger partial charge in [-0.25, -0.2) is 4.98 Å². The van der Waals surface area contributed by atoms with Gasteiger partial charge in [0.05, 0.1) is 30.3 Å². The molecule has 0 aliphatic rings. The molecular weight excluding hydrogens is 367 g/mol. The van der Waals surface area contributed by atoms with E-state index in [0.29, 0.717) is 42.6 Å². The van der Waals surface area contributed by atoms with Crippen molar-refractivity contribution in [3.63, 3.8) is 0 Å². The van der Waals surface area contributed by atoms with E-state index in [9.17, 15) is 4.39 Å². The van der Waals surface area contributed by atoms with Gasteiger partial charge in [0.2, 0.25) is 5.95 Å². The first-order chi connectivity index (χ1) is 13.0. The topological polar surface area (TPSA) is 70.0 Å². The lowest BCUT2D eigenvalue weighted by Gasteiger charge is -2.22. The van der Waals surface area contributed by atoms with Gasteiger partial charge < -0.3 is 10.1 Å². The Labute approximate surface area is 166 Å². The third kappa shape index (κ3) is 9.53. The van der Waals surface area contributed by atoms with Gasteiger partial charge in [-0.15, -0.1) is 6.58 Å². The predicted molar refractivity (Wildman–Crippen MR) is 107 cm³/mol. The summed E-state index contributed by atoms with van der Waals surface area (Å²) in [5, 5.41) is 15.6. The predicted octanol–water partition coefficient (Wildman–Crippen LogP) is 4.27. The van der Waals surface area contributed by atoms with Crippen LogP contribution in [0.3, 0.4) is 0 Å². The molecule has 0 aromatic carbocycles. The number of nitriles is 1. The van der Waals surface area contributed by atoms with Gasteiger partial charge in [-0.05, 0) is 32.2 Å². The summed E-state index contributed by atoms with van der Waals surface area (Å²) in [6.07, 6.45) is 6.90. The van der Waals surface area contributed by atoms with Crippen LogP contribution in [0, 0.1) is 23.2 Å². The molecule has 0 fully saturated rings. The number of ether oxygens (including phenoxy) is 1. The van der Waals surface area contributed by atoms with Gasteiger partial charge >= 0.3 is 0 Å². The maximum Gasteiger partial charge on any atom is 0.213 e. The van der Waals surface area contributed by atoms with Gasteiger partial charge in [-0.1, -0.05) is 30.7 Å². The molecule has 0 spiro atoms. The van der Waals surface area contributed by atoms with Gasteiger partial charge in [0, 0.05) is 30.1 Å². The number of hydrogen-bond acceptors (Lipinski definition) is 5. The molecule has 148 valence electrons. The van der Waals surface area contributed by atoms with Crippen LogP contribution in [0.2, 0.25) is 5.02 Å². The highest BCUT2D eigenvalue weighted by atomic mass is 35.5. The summed E-state index contributed by atoms with van der Waals surface area (Å²) in [4.78, 5) is 3.57. The van der Waals surface area contributed by atoms with Crippen LogP contribution in [0.15, 0.2) is 31.0 Å². The first-order valence-electron chi connectivity index (χ1n) is 9.05. The minimum Gasteiger partial charge on any atom is -0.380 e. The molecule has 27 heavy (non-hydrogen) atoms. The van der Waals surface area contributed by atoms with E-state index >= 15 is 0 Å². The van der Waals surface area contributed by atoms with E-state index in [2.05, 4.69) is 35.2 Å². The molecule has 0 saturated heterocycles. The van der Waals surface area contributed by atoms with E-state index in [1.165, 1.54) is 12.3 Å². The molecule has 1 aromatic heterocycles. The molecule has 0 radical (unpaired) electrons. The van der Waals surface area contributed by atoms with Crippen molar-refractivity contribution < 1.29 is 9.13 Å². The first-order valence-corrected chi connectivity index (χ1v) is 9.42. The van der Waals surface area contributed by atoms with Gasteiger partial charge in [0.1, 0.15) is 0 Å². The maximum absolute atomic E-state index is 13.5. The Hall–Kier alpha value is -1.94. The molecule has 0 aliphatic heterocycles. The molecule has 1 heterocycles. The molecule has 1 aromatic rings. The molecule has 7 heteroatoms. The van der Waals surface area contributed by atoms with Crippen LogP contribution in [0.4, 0.5) is 4.39 Å². The standard InChI is InChI=1S/C20H28ClFN4O/c1-4-5-7-19(17-12-20(22)25-14-18(17)21)26-16(3)24-13-15(2)8-11-27-10-6-9-23/h4,7,12,14-16,24,26H,1,5-6,8,10-11,13H2,2-3H3/b19-7-. The number of allylic oxidation sites excluding steroid dienone is 2. The molecule has 2 N–H and O–H groups in total.